The third-order valence-corrected chi connectivity index (χ3v) is 8.46. The van der Waals surface area contributed by atoms with E-state index in [9.17, 15) is 14.4 Å². The molecule has 0 atom stereocenters. The molecule has 9 nitrogen and oxygen atoms in total. The number of anilines is 1. The molecule has 1 heterocycles. The molecule has 0 aliphatic rings. The number of fused-ring (bicyclic) bond motifs is 1. The second-order valence-electron chi connectivity index (χ2n) is 10.9. The van der Waals surface area contributed by atoms with E-state index in [4.69, 9.17) is 31.5 Å². The van der Waals surface area contributed by atoms with Gasteiger partial charge < -0.3 is 19.9 Å². The van der Waals surface area contributed by atoms with Crippen LogP contribution in [0.1, 0.15) is 72.0 Å². The molecule has 0 unspecified atom stereocenters. The Bertz CT molecular complexity index is 1670. The van der Waals surface area contributed by atoms with Gasteiger partial charge in [-0.25, -0.2) is 4.79 Å². The zero-order valence-electron chi connectivity index (χ0n) is 27.6. The lowest BCUT2D eigenvalue weighted by Gasteiger charge is -2.20. The van der Waals surface area contributed by atoms with Crippen molar-refractivity contribution in [3.05, 3.63) is 92.5 Å². The van der Waals surface area contributed by atoms with Gasteiger partial charge in [0.05, 0.1) is 37.1 Å². The summed E-state index contributed by atoms with van der Waals surface area (Å²) in [6.07, 6.45) is 2.33. The zero-order chi connectivity index (χ0) is 34.5. The number of hydrogen-bond donors (Lipinski definition) is 1. The maximum absolute atomic E-state index is 12.7. The monoisotopic (exact) mass is 727 g/mol. The first-order valence-corrected chi connectivity index (χ1v) is 16.7. The molecule has 0 fully saturated rings. The molecular formula is C36H43BrClN3O6. The van der Waals surface area contributed by atoms with Crippen molar-refractivity contribution in [2.45, 2.75) is 53.5 Å². The molecule has 0 amide bonds. The van der Waals surface area contributed by atoms with Crippen LogP contribution in [0.4, 0.5) is 5.69 Å². The molecule has 0 aliphatic carbocycles. The second-order valence-corrected chi connectivity index (χ2v) is 12.2. The number of methoxy groups -OCH3 is 1. The largest absolute Gasteiger partial charge is 0.497 e. The van der Waals surface area contributed by atoms with E-state index in [2.05, 4.69) is 34.7 Å². The third-order valence-electron chi connectivity index (χ3n) is 7.55. The van der Waals surface area contributed by atoms with Crippen molar-refractivity contribution in [2.24, 2.45) is 0 Å². The Morgan fingerprint density at radius 1 is 0.894 bits per heavy atom. The van der Waals surface area contributed by atoms with Crippen LogP contribution in [0.3, 0.4) is 0 Å². The van der Waals surface area contributed by atoms with E-state index in [1.54, 1.807) is 48.1 Å². The summed E-state index contributed by atoms with van der Waals surface area (Å²) in [5, 5.41) is 1.60. The molecular weight excluding hydrogens is 686 g/mol. The Labute approximate surface area is 290 Å². The van der Waals surface area contributed by atoms with Gasteiger partial charge in [0.25, 0.3) is 5.91 Å². The number of rotatable bonds is 13. The SMILES string of the molecule is CCN(CC)Cc1cc(C(=O)OCCCCCOC(C)=O)cc(Br)c1N.COc1ccc2c(c1)cc(C)n2C(=O)c1ccc(Cl)cc1. The second kappa shape index (κ2) is 18.5. The maximum Gasteiger partial charge on any atom is 0.338 e. The Hall–Kier alpha value is -3.86. The average Bonchev–Trinajstić information content (AvgIpc) is 3.39. The van der Waals surface area contributed by atoms with Crippen molar-refractivity contribution in [2.75, 3.05) is 39.1 Å². The van der Waals surface area contributed by atoms with Gasteiger partial charge in [0, 0.05) is 39.6 Å². The Morgan fingerprint density at radius 3 is 2.17 bits per heavy atom. The molecule has 3 aromatic carbocycles. The van der Waals surface area contributed by atoms with Crippen LogP contribution in [-0.2, 0) is 20.8 Å². The molecule has 0 spiro atoms. The maximum atomic E-state index is 12.7. The van der Waals surface area contributed by atoms with Crippen molar-refractivity contribution >= 4 is 62.0 Å². The summed E-state index contributed by atoms with van der Waals surface area (Å²) >= 11 is 9.30. The fourth-order valence-corrected chi connectivity index (χ4v) is 5.53. The van der Waals surface area contributed by atoms with Crippen LogP contribution in [0.25, 0.3) is 10.9 Å². The highest BCUT2D eigenvalue weighted by atomic mass is 79.9. The van der Waals surface area contributed by atoms with Crippen molar-refractivity contribution in [1.82, 2.24) is 9.47 Å². The molecule has 0 aliphatic heterocycles. The smallest absolute Gasteiger partial charge is 0.338 e. The highest BCUT2D eigenvalue weighted by Crippen LogP contribution is 2.28. The molecule has 11 heteroatoms. The van der Waals surface area contributed by atoms with E-state index >= 15 is 0 Å². The Balaban J connectivity index is 0.000000260. The lowest BCUT2D eigenvalue weighted by molar-refractivity contribution is -0.141. The first-order valence-electron chi connectivity index (χ1n) is 15.6. The van der Waals surface area contributed by atoms with Crippen molar-refractivity contribution < 1.29 is 28.6 Å². The lowest BCUT2D eigenvalue weighted by Crippen LogP contribution is -2.23. The number of ether oxygens (including phenoxy) is 3. The van der Waals surface area contributed by atoms with Crippen molar-refractivity contribution in [3.8, 4) is 5.75 Å². The number of halogens is 2. The van der Waals surface area contributed by atoms with E-state index < -0.39 is 0 Å². The molecule has 1 aromatic heterocycles. The van der Waals surface area contributed by atoms with Gasteiger partial charge >= 0.3 is 11.9 Å². The minimum Gasteiger partial charge on any atom is -0.497 e. The molecule has 0 radical (unpaired) electrons. The minimum absolute atomic E-state index is 0.0654. The van der Waals surface area contributed by atoms with Crippen molar-refractivity contribution in [1.29, 1.82) is 0 Å². The molecule has 4 aromatic rings. The molecule has 0 saturated heterocycles. The van der Waals surface area contributed by atoms with E-state index in [0.29, 0.717) is 46.1 Å². The number of carbonyl (C=O) groups is 3. The fourth-order valence-electron chi connectivity index (χ4n) is 4.91. The van der Waals surface area contributed by atoms with Crippen molar-refractivity contribution in [3.63, 3.8) is 0 Å². The summed E-state index contributed by atoms with van der Waals surface area (Å²) in [4.78, 5) is 37.9. The van der Waals surface area contributed by atoms with Crippen LogP contribution in [0.15, 0.2) is 65.1 Å². The number of hydrogen-bond acceptors (Lipinski definition) is 8. The van der Waals surface area contributed by atoms with Gasteiger partial charge in [-0.15, -0.1) is 0 Å². The van der Waals surface area contributed by atoms with Crippen LogP contribution < -0.4 is 10.5 Å². The van der Waals surface area contributed by atoms with Crippen LogP contribution in [0, 0.1) is 6.92 Å². The number of esters is 2. The van der Waals surface area contributed by atoms with Crippen LogP contribution in [-0.4, -0.2) is 60.7 Å². The van der Waals surface area contributed by atoms with Crippen LogP contribution >= 0.6 is 27.5 Å². The number of carbonyl (C=O) groups excluding carboxylic acids is 3. The molecule has 0 bridgehead atoms. The number of benzene rings is 3. The van der Waals surface area contributed by atoms with E-state index in [1.807, 2.05) is 31.2 Å². The predicted molar refractivity (Wildman–Crippen MR) is 190 cm³/mol. The number of nitrogen functional groups attached to an aromatic ring is 1. The Morgan fingerprint density at radius 2 is 1.55 bits per heavy atom. The summed E-state index contributed by atoms with van der Waals surface area (Å²) < 4.78 is 17.8. The van der Waals surface area contributed by atoms with Gasteiger partial charge in [-0.2, -0.15) is 0 Å². The van der Waals surface area contributed by atoms with E-state index in [0.717, 1.165) is 60.3 Å². The van der Waals surface area contributed by atoms with Crippen LogP contribution in [0.5, 0.6) is 5.75 Å². The van der Waals surface area contributed by atoms with Gasteiger partial charge in [-0.3, -0.25) is 19.1 Å². The van der Waals surface area contributed by atoms with Gasteiger partial charge in [0.1, 0.15) is 5.75 Å². The van der Waals surface area contributed by atoms with E-state index in [-0.39, 0.29) is 17.8 Å². The summed E-state index contributed by atoms with van der Waals surface area (Å²) in [5.41, 5.74) is 10.6. The average molecular weight is 729 g/mol. The summed E-state index contributed by atoms with van der Waals surface area (Å²) in [6, 6.07) is 18.1. The first kappa shape index (κ1) is 37.6. The number of aryl methyl sites for hydroxylation is 1. The van der Waals surface area contributed by atoms with E-state index in [1.165, 1.54) is 6.92 Å². The number of nitrogens with two attached hydrogens (primary N) is 1. The highest BCUT2D eigenvalue weighted by molar-refractivity contribution is 9.10. The molecule has 4 rings (SSSR count). The Kier molecular flexibility index (Phi) is 14.8. The molecule has 252 valence electrons. The molecule has 2 N–H and O–H groups in total. The molecule has 47 heavy (non-hydrogen) atoms. The minimum atomic E-state index is -0.355. The topological polar surface area (TPSA) is 113 Å². The van der Waals surface area contributed by atoms with Gasteiger partial charge in [0.2, 0.25) is 0 Å². The number of unbranched alkanes of at least 4 members (excludes halogenated alkanes) is 2. The van der Waals surface area contributed by atoms with Gasteiger partial charge in [-0.05, 0) is 121 Å². The summed E-state index contributed by atoms with van der Waals surface area (Å²) in [7, 11) is 1.63. The number of aromatic nitrogens is 1. The van der Waals surface area contributed by atoms with Crippen LogP contribution in [0.2, 0.25) is 5.02 Å². The predicted octanol–water partition coefficient (Wildman–Crippen LogP) is 8.06. The zero-order valence-corrected chi connectivity index (χ0v) is 29.9. The number of nitrogens with zero attached hydrogens (tertiary/aromatic N) is 2. The quantitative estimate of drug-likeness (QED) is 0.0836. The lowest BCUT2D eigenvalue weighted by atomic mass is 10.1. The fraction of sp³-hybridized carbons (Fsp3) is 0.361. The third kappa shape index (κ3) is 10.8. The van der Waals surface area contributed by atoms with Gasteiger partial charge in [0.15, 0.2) is 0 Å². The highest BCUT2D eigenvalue weighted by Gasteiger charge is 2.16. The normalized spacial score (nSPS) is 10.8. The van der Waals surface area contributed by atoms with Gasteiger partial charge in [-0.1, -0.05) is 25.4 Å². The summed E-state index contributed by atoms with van der Waals surface area (Å²) in [6.45, 7) is 10.7. The molecule has 0 saturated carbocycles. The first-order chi connectivity index (χ1) is 22.5. The standard InChI is InChI=1S/C19H29BrN2O4.C17H14ClNO2/c1-4-22(5-2)13-16-11-15(12-17(20)18(16)21)19(24)26-10-8-6-7-9-25-14(3)23;1-11-9-13-10-15(21-2)7-8-16(13)19(11)17(20)12-3-5-14(18)6-4-12/h11-12H,4-10,13,21H2,1-3H3;3-10H,1-2H3. The summed E-state index contributed by atoms with van der Waals surface area (Å²) in [5.74, 6) is 0.0836.